The Labute approximate surface area is 135 Å². The highest BCUT2D eigenvalue weighted by atomic mass is 19.4. The molecule has 3 aliphatic rings. The molecule has 132 valence electrons. The van der Waals surface area contributed by atoms with Crippen LogP contribution in [-0.4, -0.2) is 77.1 Å². The highest BCUT2D eigenvalue weighted by Gasteiger charge is 2.45. The zero-order valence-corrected chi connectivity index (χ0v) is 13.9. The molecule has 23 heavy (non-hydrogen) atoms. The summed E-state index contributed by atoms with van der Waals surface area (Å²) >= 11 is 0. The lowest BCUT2D eigenvalue weighted by molar-refractivity contribution is -0.159. The molecule has 0 spiro atoms. The molecule has 2 bridgehead atoms. The molecule has 0 N–H and O–H groups in total. The van der Waals surface area contributed by atoms with Crippen molar-refractivity contribution in [3.63, 3.8) is 0 Å². The fourth-order valence-electron chi connectivity index (χ4n) is 4.70. The van der Waals surface area contributed by atoms with E-state index >= 15 is 0 Å². The molecule has 3 heterocycles. The summed E-state index contributed by atoms with van der Waals surface area (Å²) in [4.78, 5) is 18.1. The lowest BCUT2D eigenvalue weighted by atomic mass is 10.1. The third kappa shape index (κ3) is 3.50. The summed E-state index contributed by atoms with van der Waals surface area (Å²) in [5.41, 5.74) is 0. The van der Waals surface area contributed by atoms with Gasteiger partial charge in [-0.3, -0.25) is 14.6 Å². The second-order valence-corrected chi connectivity index (χ2v) is 7.39. The Hall–Kier alpha value is -0.820. The largest absolute Gasteiger partial charge is 0.406 e. The van der Waals surface area contributed by atoms with Gasteiger partial charge in [-0.1, -0.05) is 0 Å². The lowest BCUT2D eigenvalue weighted by Gasteiger charge is -2.33. The predicted molar refractivity (Wildman–Crippen MR) is 81.0 cm³/mol. The summed E-state index contributed by atoms with van der Waals surface area (Å²) in [6.45, 7) is 5.15. The van der Waals surface area contributed by atoms with E-state index in [2.05, 4.69) is 23.6 Å². The van der Waals surface area contributed by atoms with Gasteiger partial charge < -0.3 is 4.90 Å². The molecule has 3 fully saturated rings. The van der Waals surface area contributed by atoms with Gasteiger partial charge in [-0.15, -0.1) is 0 Å². The zero-order valence-electron chi connectivity index (χ0n) is 13.9. The monoisotopic (exact) mass is 333 g/mol. The quantitative estimate of drug-likeness (QED) is 0.791. The summed E-state index contributed by atoms with van der Waals surface area (Å²) in [7, 11) is 0. The highest BCUT2D eigenvalue weighted by molar-refractivity contribution is 5.84. The van der Waals surface area contributed by atoms with Crippen LogP contribution in [0.3, 0.4) is 0 Å². The standard InChI is InChI=1S/C16H26F3N3O/c1-11(2)22-12-3-4-13(22)9-20(7-5-12)14-6-8-21(15(14)23)10-16(17,18)19/h11-14H,3-10H2,1-2H3. The zero-order chi connectivity index (χ0) is 16.8. The number of halogens is 3. The van der Waals surface area contributed by atoms with Gasteiger partial charge in [-0.05, 0) is 39.5 Å². The summed E-state index contributed by atoms with van der Waals surface area (Å²) < 4.78 is 37.7. The van der Waals surface area contributed by atoms with E-state index in [0.29, 0.717) is 24.5 Å². The van der Waals surface area contributed by atoms with E-state index in [1.54, 1.807) is 0 Å². The molecule has 7 heteroatoms. The van der Waals surface area contributed by atoms with Crippen molar-refractivity contribution in [1.29, 1.82) is 0 Å². The van der Waals surface area contributed by atoms with Gasteiger partial charge >= 0.3 is 6.18 Å². The predicted octanol–water partition coefficient (Wildman–Crippen LogP) is 2.10. The van der Waals surface area contributed by atoms with E-state index in [1.165, 1.54) is 6.42 Å². The molecule has 0 aromatic rings. The number of hydrogen-bond donors (Lipinski definition) is 0. The third-order valence-electron chi connectivity index (χ3n) is 5.55. The van der Waals surface area contributed by atoms with Crippen LogP contribution in [0, 0.1) is 0 Å². The Bertz CT molecular complexity index is 454. The average Bonchev–Trinajstić information content (AvgIpc) is 2.90. The molecule has 0 radical (unpaired) electrons. The molecular weight excluding hydrogens is 307 g/mol. The molecule has 3 unspecified atom stereocenters. The molecule has 0 saturated carbocycles. The Kier molecular flexibility index (Phi) is 4.62. The van der Waals surface area contributed by atoms with Crippen molar-refractivity contribution in [1.82, 2.24) is 14.7 Å². The van der Waals surface area contributed by atoms with Gasteiger partial charge in [0.15, 0.2) is 0 Å². The normalized spacial score (nSPS) is 33.7. The number of amides is 1. The topological polar surface area (TPSA) is 26.8 Å². The van der Waals surface area contributed by atoms with Gasteiger partial charge in [-0.2, -0.15) is 13.2 Å². The van der Waals surface area contributed by atoms with Gasteiger partial charge in [-0.25, -0.2) is 0 Å². The first kappa shape index (κ1) is 17.0. The van der Waals surface area contributed by atoms with E-state index < -0.39 is 12.7 Å². The molecule has 3 aliphatic heterocycles. The Balaban J connectivity index is 1.66. The van der Waals surface area contributed by atoms with Crippen LogP contribution in [0.2, 0.25) is 0 Å². The number of carbonyl (C=O) groups excluding carboxylic acids is 1. The molecule has 1 amide bonds. The smallest absolute Gasteiger partial charge is 0.332 e. The van der Waals surface area contributed by atoms with Crippen LogP contribution in [0.15, 0.2) is 0 Å². The van der Waals surface area contributed by atoms with Crippen molar-refractivity contribution >= 4 is 5.91 Å². The number of nitrogens with zero attached hydrogens (tertiary/aromatic N) is 3. The van der Waals surface area contributed by atoms with E-state index in [4.69, 9.17) is 0 Å². The van der Waals surface area contributed by atoms with Crippen molar-refractivity contribution in [3.05, 3.63) is 0 Å². The van der Waals surface area contributed by atoms with E-state index in [9.17, 15) is 18.0 Å². The van der Waals surface area contributed by atoms with Crippen LogP contribution in [0.4, 0.5) is 13.2 Å². The maximum absolute atomic E-state index is 12.6. The molecular formula is C16H26F3N3O. The minimum Gasteiger partial charge on any atom is -0.332 e. The molecule has 3 saturated heterocycles. The third-order valence-corrected chi connectivity index (χ3v) is 5.55. The molecule has 3 atom stereocenters. The van der Waals surface area contributed by atoms with Gasteiger partial charge in [0.1, 0.15) is 6.54 Å². The van der Waals surface area contributed by atoms with Crippen LogP contribution in [0.5, 0.6) is 0 Å². The minimum atomic E-state index is -4.31. The van der Waals surface area contributed by atoms with Crippen LogP contribution in [0.25, 0.3) is 0 Å². The number of alkyl halides is 3. The summed E-state index contributed by atoms with van der Waals surface area (Å²) in [6.07, 6.45) is -0.440. The Morgan fingerprint density at radius 3 is 2.43 bits per heavy atom. The SMILES string of the molecule is CC(C)N1C2CCC1CN(C1CCN(CC(F)(F)F)C1=O)CC2. The van der Waals surface area contributed by atoms with Crippen molar-refractivity contribution in [2.24, 2.45) is 0 Å². The second kappa shape index (κ2) is 6.24. The van der Waals surface area contributed by atoms with Crippen molar-refractivity contribution < 1.29 is 18.0 Å². The molecule has 0 aromatic carbocycles. The van der Waals surface area contributed by atoms with Gasteiger partial charge in [0.05, 0.1) is 6.04 Å². The summed E-state index contributed by atoms with van der Waals surface area (Å²) in [6, 6.07) is 1.12. The van der Waals surface area contributed by atoms with Gasteiger partial charge in [0.2, 0.25) is 5.91 Å². The number of fused-ring (bicyclic) bond motifs is 2. The van der Waals surface area contributed by atoms with Crippen molar-refractivity contribution in [2.45, 2.75) is 69.9 Å². The van der Waals surface area contributed by atoms with Gasteiger partial charge in [0.25, 0.3) is 0 Å². The first-order chi connectivity index (χ1) is 10.8. The van der Waals surface area contributed by atoms with Crippen molar-refractivity contribution in [2.75, 3.05) is 26.2 Å². The van der Waals surface area contributed by atoms with Crippen LogP contribution >= 0.6 is 0 Å². The molecule has 3 rings (SSSR count). The van der Waals surface area contributed by atoms with Crippen LogP contribution < -0.4 is 0 Å². The number of likely N-dealkylation sites (tertiary alicyclic amines) is 2. The maximum Gasteiger partial charge on any atom is 0.406 e. The molecule has 4 nitrogen and oxygen atoms in total. The first-order valence-electron chi connectivity index (χ1n) is 8.63. The van der Waals surface area contributed by atoms with E-state index in [-0.39, 0.29) is 18.5 Å². The molecule has 0 aromatic heterocycles. The first-order valence-corrected chi connectivity index (χ1v) is 8.63. The Morgan fingerprint density at radius 2 is 1.78 bits per heavy atom. The van der Waals surface area contributed by atoms with Gasteiger partial charge in [0, 0.05) is 37.8 Å². The highest BCUT2D eigenvalue weighted by Crippen LogP contribution is 2.34. The Morgan fingerprint density at radius 1 is 1.09 bits per heavy atom. The van der Waals surface area contributed by atoms with E-state index in [0.717, 1.165) is 30.8 Å². The number of carbonyl (C=O) groups is 1. The maximum atomic E-state index is 12.6. The van der Waals surface area contributed by atoms with Crippen LogP contribution in [-0.2, 0) is 4.79 Å². The average molecular weight is 333 g/mol. The lowest BCUT2D eigenvalue weighted by Crippen LogP contribution is -2.48. The minimum absolute atomic E-state index is 0.224. The summed E-state index contributed by atoms with van der Waals surface area (Å²) in [5.74, 6) is -0.337. The van der Waals surface area contributed by atoms with E-state index in [1.807, 2.05) is 0 Å². The fourth-order valence-corrected chi connectivity index (χ4v) is 4.70. The van der Waals surface area contributed by atoms with Crippen molar-refractivity contribution in [3.8, 4) is 0 Å². The number of hydrogen-bond acceptors (Lipinski definition) is 3. The summed E-state index contributed by atoms with van der Waals surface area (Å²) in [5, 5.41) is 0. The second-order valence-electron chi connectivity index (χ2n) is 7.39. The molecule has 0 aliphatic carbocycles. The fraction of sp³-hybridized carbons (Fsp3) is 0.938. The van der Waals surface area contributed by atoms with Crippen LogP contribution in [0.1, 0.15) is 39.5 Å². The number of rotatable bonds is 3.